The third-order valence-corrected chi connectivity index (χ3v) is 5.86. The first-order valence-electron chi connectivity index (χ1n) is 9.37. The number of rotatable bonds is 7. The summed E-state index contributed by atoms with van der Waals surface area (Å²) in [7, 11) is 0.759. The van der Waals surface area contributed by atoms with Gasteiger partial charge in [-0.05, 0) is 17.7 Å². The van der Waals surface area contributed by atoms with Crippen LogP contribution in [-0.2, 0) is 21.3 Å². The lowest BCUT2D eigenvalue weighted by molar-refractivity contribution is -0.117. The average Bonchev–Trinajstić information content (AvgIpc) is 3.08. The van der Waals surface area contributed by atoms with Crippen LogP contribution in [0.5, 0.6) is 0 Å². The van der Waals surface area contributed by atoms with E-state index in [-0.39, 0.29) is 35.9 Å². The van der Waals surface area contributed by atoms with Crippen LogP contribution in [-0.4, -0.2) is 48.0 Å². The first-order chi connectivity index (χ1) is 13.7. The van der Waals surface area contributed by atoms with Crippen molar-refractivity contribution in [3.05, 3.63) is 66.2 Å². The second-order valence-electron chi connectivity index (χ2n) is 6.66. The van der Waals surface area contributed by atoms with Crippen LogP contribution >= 0.6 is 24.0 Å². The number of carbonyl (C=O) groups is 1. The van der Waals surface area contributed by atoms with Gasteiger partial charge in [-0.2, -0.15) is 0 Å². The molecule has 0 saturated carbocycles. The van der Waals surface area contributed by atoms with Gasteiger partial charge in [0.2, 0.25) is 5.91 Å². The maximum absolute atomic E-state index is 12.3. The molecule has 3 rings (SSSR count). The van der Waals surface area contributed by atoms with Crippen LogP contribution in [0.15, 0.2) is 65.7 Å². The van der Waals surface area contributed by atoms with Crippen LogP contribution in [0.25, 0.3) is 0 Å². The van der Waals surface area contributed by atoms with Crippen molar-refractivity contribution in [3.8, 4) is 0 Å². The Labute approximate surface area is 191 Å². The van der Waals surface area contributed by atoms with Gasteiger partial charge in [0.05, 0.1) is 6.04 Å². The first-order valence-corrected chi connectivity index (χ1v) is 10.9. The molecule has 8 heteroatoms. The molecule has 0 spiro atoms. The Morgan fingerprint density at radius 1 is 1.14 bits per heavy atom. The van der Waals surface area contributed by atoms with E-state index in [4.69, 9.17) is 0 Å². The van der Waals surface area contributed by atoms with Crippen LogP contribution in [0.1, 0.15) is 12.0 Å². The summed E-state index contributed by atoms with van der Waals surface area (Å²) in [4.78, 5) is 18.3. The summed E-state index contributed by atoms with van der Waals surface area (Å²) >= 11 is 0. The summed E-state index contributed by atoms with van der Waals surface area (Å²) < 4.78 is 12.2. The first kappa shape index (κ1) is 23.3. The third-order valence-electron chi connectivity index (χ3n) is 4.55. The lowest BCUT2D eigenvalue weighted by atomic mass is 10.2. The standard InChI is InChI=1S/C21H26N4O2S.HI/c1-22-21(23-12-13-28(27)16-17-8-4-2-5-9-17)24-18-14-20(26)25(15-18)19-10-6-3-7-11-19;/h2-11,18H,12-16H2,1H3,(H2,22,23,24);1H. The van der Waals surface area contributed by atoms with Crippen LogP contribution in [0.2, 0.25) is 0 Å². The number of guanidine groups is 1. The fourth-order valence-corrected chi connectivity index (χ4v) is 4.20. The number of nitrogens with zero attached hydrogens (tertiary/aromatic N) is 2. The second-order valence-corrected chi connectivity index (χ2v) is 8.23. The van der Waals surface area contributed by atoms with Gasteiger partial charge in [0.1, 0.15) is 0 Å². The number of aliphatic imine (C=N–C) groups is 1. The Balaban J connectivity index is 0.00000300. The maximum Gasteiger partial charge on any atom is 0.229 e. The van der Waals surface area contributed by atoms with E-state index in [0.29, 0.717) is 37.0 Å². The van der Waals surface area contributed by atoms with E-state index < -0.39 is 10.8 Å². The van der Waals surface area contributed by atoms with E-state index in [1.165, 1.54) is 0 Å². The zero-order chi connectivity index (χ0) is 19.8. The second kappa shape index (κ2) is 11.9. The third kappa shape index (κ3) is 7.11. The minimum Gasteiger partial charge on any atom is -0.355 e. The lowest BCUT2D eigenvalue weighted by Crippen LogP contribution is -2.45. The van der Waals surface area contributed by atoms with E-state index in [2.05, 4.69) is 15.6 Å². The Morgan fingerprint density at radius 2 is 1.79 bits per heavy atom. The zero-order valence-electron chi connectivity index (χ0n) is 16.4. The molecule has 0 radical (unpaired) electrons. The maximum atomic E-state index is 12.3. The SMILES string of the molecule is CN=C(NCCS(=O)Cc1ccccc1)NC1CC(=O)N(c2ccccc2)C1.I. The molecule has 2 aromatic rings. The van der Waals surface area contributed by atoms with Gasteiger partial charge < -0.3 is 15.5 Å². The van der Waals surface area contributed by atoms with Gasteiger partial charge >= 0.3 is 0 Å². The molecule has 2 atom stereocenters. The number of hydrogen-bond acceptors (Lipinski definition) is 3. The zero-order valence-corrected chi connectivity index (χ0v) is 19.6. The van der Waals surface area contributed by atoms with Gasteiger partial charge in [-0.3, -0.25) is 14.0 Å². The number of carbonyl (C=O) groups excluding carboxylic acids is 1. The Bertz CT molecular complexity index is 833. The number of hydrogen-bond donors (Lipinski definition) is 2. The summed E-state index contributed by atoms with van der Waals surface area (Å²) in [6.07, 6.45) is 0.426. The summed E-state index contributed by atoms with van der Waals surface area (Å²) in [5.74, 6) is 1.82. The molecule has 0 aromatic heterocycles. The molecule has 1 fully saturated rings. The fourth-order valence-electron chi connectivity index (χ4n) is 3.17. The molecule has 1 aliphatic rings. The Hall–Kier alpha value is -1.94. The van der Waals surface area contributed by atoms with E-state index in [0.717, 1.165) is 11.3 Å². The highest BCUT2D eigenvalue weighted by Gasteiger charge is 2.30. The van der Waals surface area contributed by atoms with Crippen molar-refractivity contribution >= 4 is 52.3 Å². The van der Waals surface area contributed by atoms with Crippen LogP contribution in [0, 0.1) is 0 Å². The van der Waals surface area contributed by atoms with Crippen molar-refractivity contribution in [2.45, 2.75) is 18.2 Å². The van der Waals surface area contributed by atoms with Gasteiger partial charge in [-0.15, -0.1) is 24.0 Å². The van der Waals surface area contributed by atoms with Crippen molar-refractivity contribution in [2.75, 3.05) is 30.8 Å². The van der Waals surface area contributed by atoms with E-state index in [1.54, 1.807) is 11.9 Å². The predicted octanol–water partition coefficient (Wildman–Crippen LogP) is 2.52. The van der Waals surface area contributed by atoms with Crippen molar-refractivity contribution in [2.24, 2.45) is 4.99 Å². The molecule has 0 aliphatic carbocycles. The normalized spacial score (nSPS) is 17.6. The topological polar surface area (TPSA) is 73.8 Å². The van der Waals surface area contributed by atoms with Gasteiger partial charge in [0, 0.05) is 54.6 Å². The highest BCUT2D eigenvalue weighted by atomic mass is 127. The fraction of sp³-hybridized carbons (Fsp3) is 0.333. The summed E-state index contributed by atoms with van der Waals surface area (Å²) in [5.41, 5.74) is 1.99. The molecule has 6 nitrogen and oxygen atoms in total. The minimum absolute atomic E-state index is 0. The number of amides is 1. The smallest absolute Gasteiger partial charge is 0.229 e. The number of halogens is 1. The highest BCUT2D eigenvalue weighted by molar-refractivity contribution is 14.0. The van der Waals surface area contributed by atoms with Crippen molar-refractivity contribution < 1.29 is 9.00 Å². The van der Waals surface area contributed by atoms with Crippen LogP contribution in [0.4, 0.5) is 5.69 Å². The van der Waals surface area contributed by atoms with Crippen molar-refractivity contribution in [1.29, 1.82) is 0 Å². The van der Waals surface area contributed by atoms with E-state index >= 15 is 0 Å². The molecule has 1 saturated heterocycles. The minimum atomic E-state index is -0.937. The van der Waals surface area contributed by atoms with Crippen LogP contribution in [0.3, 0.4) is 0 Å². The lowest BCUT2D eigenvalue weighted by Gasteiger charge is -2.19. The molecule has 1 amide bonds. The summed E-state index contributed by atoms with van der Waals surface area (Å²) in [5, 5.41) is 6.50. The molecule has 2 aromatic carbocycles. The quantitative estimate of drug-likeness (QED) is 0.331. The van der Waals surface area contributed by atoms with Crippen LogP contribution < -0.4 is 15.5 Å². The summed E-state index contributed by atoms with van der Waals surface area (Å²) in [6, 6.07) is 19.5. The van der Waals surface area contributed by atoms with Gasteiger partial charge in [-0.25, -0.2) is 0 Å². The highest BCUT2D eigenvalue weighted by Crippen LogP contribution is 2.20. The number of benzene rings is 2. The molecule has 29 heavy (non-hydrogen) atoms. The predicted molar refractivity (Wildman–Crippen MR) is 130 cm³/mol. The number of para-hydroxylation sites is 1. The number of anilines is 1. The van der Waals surface area contributed by atoms with Gasteiger partial charge in [0.15, 0.2) is 5.96 Å². The molecular weight excluding hydrogens is 499 g/mol. The molecule has 1 aliphatic heterocycles. The molecule has 2 N–H and O–H groups in total. The molecule has 0 bridgehead atoms. The molecule has 156 valence electrons. The Kier molecular flexibility index (Phi) is 9.59. The monoisotopic (exact) mass is 526 g/mol. The largest absolute Gasteiger partial charge is 0.355 e. The number of nitrogens with one attached hydrogen (secondary N) is 2. The summed E-state index contributed by atoms with van der Waals surface area (Å²) in [6.45, 7) is 1.16. The average molecular weight is 526 g/mol. The molecule has 2 unspecified atom stereocenters. The Morgan fingerprint density at radius 3 is 2.45 bits per heavy atom. The van der Waals surface area contributed by atoms with Crippen molar-refractivity contribution in [1.82, 2.24) is 10.6 Å². The van der Waals surface area contributed by atoms with Crippen molar-refractivity contribution in [3.63, 3.8) is 0 Å². The van der Waals surface area contributed by atoms with Gasteiger partial charge in [-0.1, -0.05) is 48.5 Å². The van der Waals surface area contributed by atoms with E-state index in [1.807, 2.05) is 60.7 Å². The molecular formula is C21H27IN4O2S. The molecule has 1 heterocycles. The van der Waals surface area contributed by atoms with Gasteiger partial charge in [0.25, 0.3) is 0 Å². The van der Waals surface area contributed by atoms with E-state index in [9.17, 15) is 9.00 Å².